The Morgan fingerprint density at radius 2 is 1.76 bits per heavy atom. The van der Waals surface area contributed by atoms with Gasteiger partial charge in [0.05, 0.1) is 12.7 Å². The summed E-state index contributed by atoms with van der Waals surface area (Å²) >= 11 is 0. The Morgan fingerprint density at radius 3 is 2.36 bits per heavy atom. The topological polar surface area (TPSA) is 44.5 Å². The fourth-order valence-electron chi connectivity index (χ4n) is 3.19. The summed E-state index contributed by atoms with van der Waals surface area (Å²) in [6.07, 6.45) is 1.01. The Kier molecular flexibility index (Phi) is 6.89. The van der Waals surface area contributed by atoms with Crippen molar-refractivity contribution in [1.29, 1.82) is 0 Å². The zero-order valence-electron chi connectivity index (χ0n) is 16.1. The fraction of sp³-hybridized carbons (Fsp3) is 0.455. The minimum absolute atomic E-state index is 0.122. The molecular formula is C22H31NO2. The highest BCUT2D eigenvalue weighted by Crippen LogP contribution is 2.32. The SMILES string of the molecule is CCOc1cc(CC(CN)c2ccc(C)cc2C)ccc1OC(C)C. The summed E-state index contributed by atoms with van der Waals surface area (Å²) in [4.78, 5) is 0. The Bertz CT molecular complexity index is 694. The van der Waals surface area contributed by atoms with E-state index in [9.17, 15) is 0 Å². The predicted octanol–water partition coefficient (Wildman–Crippen LogP) is 4.77. The molecule has 136 valence electrons. The zero-order valence-corrected chi connectivity index (χ0v) is 16.1. The maximum atomic E-state index is 6.10. The summed E-state index contributed by atoms with van der Waals surface area (Å²) in [6, 6.07) is 12.8. The second kappa shape index (κ2) is 8.91. The van der Waals surface area contributed by atoms with E-state index in [0.29, 0.717) is 19.1 Å². The highest BCUT2D eigenvalue weighted by atomic mass is 16.5. The van der Waals surface area contributed by atoms with Gasteiger partial charge in [-0.25, -0.2) is 0 Å². The van der Waals surface area contributed by atoms with Crippen molar-refractivity contribution in [3.05, 3.63) is 58.7 Å². The molecule has 25 heavy (non-hydrogen) atoms. The van der Waals surface area contributed by atoms with Gasteiger partial charge in [-0.15, -0.1) is 0 Å². The van der Waals surface area contributed by atoms with Gasteiger partial charge in [-0.05, 0) is 76.4 Å². The van der Waals surface area contributed by atoms with E-state index in [1.54, 1.807) is 0 Å². The molecular weight excluding hydrogens is 310 g/mol. The van der Waals surface area contributed by atoms with Crippen molar-refractivity contribution < 1.29 is 9.47 Å². The van der Waals surface area contributed by atoms with Crippen LogP contribution in [0.4, 0.5) is 0 Å². The van der Waals surface area contributed by atoms with Crippen LogP contribution in [0.3, 0.4) is 0 Å². The second-order valence-electron chi connectivity index (χ2n) is 6.88. The summed E-state index contributed by atoms with van der Waals surface area (Å²) in [5.41, 5.74) is 11.2. The molecule has 0 amide bonds. The number of nitrogens with two attached hydrogens (primary N) is 1. The Morgan fingerprint density at radius 1 is 1.00 bits per heavy atom. The molecule has 2 aromatic carbocycles. The molecule has 2 N–H and O–H groups in total. The van der Waals surface area contributed by atoms with Gasteiger partial charge < -0.3 is 15.2 Å². The molecule has 0 aliphatic rings. The van der Waals surface area contributed by atoms with E-state index in [2.05, 4.69) is 44.2 Å². The molecule has 0 aliphatic heterocycles. The predicted molar refractivity (Wildman–Crippen MR) is 105 cm³/mol. The number of ether oxygens (including phenoxy) is 2. The quantitative estimate of drug-likeness (QED) is 0.752. The van der Waals surface area contributed by atoms with Gasteiger partial charge in [0.2, 0.25) is 0 Å². The maximum Gasteiger partial charge on any atom is 0.161 e. The third-order valence-electron chi connectivity index (χ3n) is 4.30. The molecule has 0 heterocycles. The lowest BCUT2D eigenvalue weighted by molar-refractivity contribution is 0.223. The molecule has 0 bridgehead atoms. The third-order valence-corrected chi connectivity index (χ3v) is 4.30. The fourth-order valence-corrected chi connectivity index (χ4v) is 3.19. The summed E-state index contributed by atoms with van der Waals surface area (Å²) < 4.78 is 11.6. The van der Waals surface area contributed by atoms with Gasteiger partial charge in [0.15, 0.2) is 11.5 Å². The van der Waals surface area contributed by atoms with Crippen LogP contribution in [0.1, 0.15) is 48.9 Å². The molecule has 3 heteroatoms. The normalized spacial score (nSPS) is 12.3. The molecule has 0 saturated carbocycles. The Labute approximate surface area is 152 Å². The lowest BCUT2D eigenvalue weighted by Gasteiger charge is -2.20. The van der Waals surface area contributed by atoms with Crippen molar-refractivity contribution >= 4 is 0 Å². The van der Waals surface area contributed by atoms with E-state index < -0.39 is 0 Å². The van der Waals surface area contributed by atoms with Crippen molar-refractivity contribution in [3.8, 4) is 11.5 Å². The van der Waals surface area contributed by atoms with E-state index in [-0.39, 0.29) is 6.10 Å². The summed E-state index contributed by atoms with van der Waals surface area (Å²) in [7, 11) is 0. The third kappa shape index (κ3) is 5.23. The first-order valence-corrected chi connectivity index (χ1v) is 9.14. The summed E-state index contributed by atoms with van der Waals surface area (Å²) in [5, 5.41) is 0. The highest BCUT2D eigenvalue weighted by molar-refractivity contribution is 5.44. The van der Waals surface area contributed by atoms with Crippen LogP contribution >= 0.6 is 0 Å². The molecule has 0 radical (unpaired) electrons. The summed E-state index contributed by atoms with van der Waals surface area (Å²) in [6.45, 7) is 11.6. The second-order valence-corrected chi connectivity index (χ2v) is 6.88. The minimum atomic E-state index is 0.122. The van der Waals surface area contributed by atoms with Crippen LogP contribution in [-0.2, 0) is 6.42 Å². The molecule has 0 fully saturated rings. The van der Waals surface area contributed by atoms with Crippen LogP contribution in [0, 0.1) is 13.8 Å². The van der Waals surface area contributed by atoms with Crippen molar-refractivity contribution in [2.75, 3.05) is 13.2 Å². The number of hydrogen-bond donors (Lipinski definition) is 1. The van der Waals surface area contributed by atoms with E-state index in [1.807, 2.05) is 26.8 Å². The number of aryl methyl sites for hydroxylation is 2. The van der Waals surface area contributed by atoms with Crippen LogP contribution in [-0.4, -0.2) is 19.3 Å². The average Bonchev–Trinajstić information content (AvgIpc) is 2.55. The Balaban J connectivity index is 2.26. The summed E-state index contributed by atoms with van der Waals surface area (Å²) in [5.74, 6) is 1.91. The van der Waals surface area contributed by atoms with Crippen LogP contribution in [0.5, 0.6) is 11.5 Å². The van der Waals surface area contributed by atoms with Crippen molar-refractivity contribution in [2.45, 2.75) is 53.1 Å². The largest absolute Gasteiger partial charge is 0.490 e. The first kappa shape index (κ1) is 19.3. The minimum Gasteiger partial charge on any atom is -0.490 e. The number of benzene rings is 2. The number of rotatable bonds is 8. The van der Waals surface area contributed by atoms with Crippen LogP contribution in [0.15, 0.2) is 36.4 Å². The van der Waals surface area contributed by atoms with Gasteiger partial charge in [0, 0.05) is 5.92 Å². The molecule has 2 rings (SSSR count). The monoisotopic (exact) mass is 341 g/mol. The zero-order chi connectivity index (χ0) is 18.4. The van der Waals surface area contributed by atoms with Gasteiger partial charge in [-0.3, -0.25) is 0 Å². The van der Waals surface area contributed by atoms with Gasteiger partial charge >= 0.3 is 0 Å². The van der Waals surface area contributed by atoms with E-state index in [0.717, 1.165) is 17.9 Å². The molecule has 0 saturated heterocycles. The van der Waals surface area contributed by atoms with Crippen molar-refractivity contribution in [2.24, 2.45) is 5.73 Å². The molecule has 2 aromatic rings. The van der Waals surface area contributed by atoms with Gasteiger partial charge in [0.1, 0.15) is 0 Å². The maximum absolute atomic E-state index is 6.10. The first-order valence-electron chi connectivity index (χ1n) is 9.14. The van der Waals surface area contributed by atoms with Gasteiger partial charge in [-0.2, -0.15) is 0 Å². The van der Waals surface area contributed by atoms with Crippen LogP contribution in [0.25, 0.3) is 0 Å². The molecule has 1 atom stereocenters. The van der Waals surface area contributed by atoms with Crippen molar-refractivity contribution in [1.82, 2.24) is 0 Å². The lowest BCUT2D eigenvalue weighted by Crippen LogP contribution is -2.16. The van der Waals surface area contributed by atoms with Crippen LogP contribution in [0.2, 0.25) is 0 Å². The molecule has 0 aliphatic carbocycles. The molecule has 3 nitrogen and oxygen atoms in total. The average molecular weight is 341 g/mol. The molecule has 1 unspecified atom stereocenters. The molecule has 0 spiro atoms. The van der Waals surface area contributed by atoms with E-state index >= 15 is 0 Å². The standard InChI is InChI=1S/C22H31NO2/c1-6-24-22-13-18(8-10-21(22)25-15(2)3)12-19(14-23)20-9-7-16(4)11-17(20)5/h7-11,13,15,19H,6,12,14,23H2,1-5H3. The van der Waals surface area contributed by atoms with E-state index in [1.165, 1.54) is 22.3 Å². The number of hydrogen-bond acceptors (Lipinski definition) is 3. The first-order chi connectivity index (χ1) is 11.9. The highest BCUT2D eigenvalue weighted by Gasteiger charge is 2.15. The molecule has 0 aromatic heterocycles. The Hall–Kier alpha value is -2.00. The lowest BCUT2D eigenvalue weighted by atomic mass is 9.88. The smallest absolute Gasteiger partial charge is 0.161 e. The van der Waals surface area contributed by atoms with E-state index in [4.69, 9.17) is 15.2 Å². The van der Waals surface area contributed by atoms with Crippen LogP contribution < -0.4 is 15.2 Å². The van der Waals surface area contributed by atoms with Crippen molar-refractivity contribution in [3.63, 3.8) is 0 Å². The van der Waals surface area contributed by atoms with Gasteiger partial charge in [-0.1, -0.05) is 29.8 Å². The van der Waals surface area contributed by atoms with Gasteiger partial charge in [0.25, 0.3) is 0 Å².